The van der Waals surface area contributed by atoms with Crippen molar-refractivity contribution in [1.82, 2.24) is 5.32 Å². The molecule has 0 bridgehead atoms. The number of rotatable bonds is 2. The van der Waals surface area contributed by atoms with Crippen LogP contribution < -0.4 is 5.32 Å². The average molecular weight is 229 g/mol. The van der Waals surface area contributed by atoms with Crippen molar-refractivity contribution in [3.05, 3.63) is 34.9 Å². The first-order valence-corrected chi connectivity index (χ1v) is 7.17. The van der Waals surface area contributed by atoms with Gasteiger partial charge in [0.15, 0.2) is 0 Å². The minimum absolute atomic E-state index is 0.608. The highest BCUT2D eigenvalue weighted by molar-refractivity contribution is 5.45. The maximum absolute atomic E-state index is 3.75. The van der Waals surface area contributed by atoms with Gasteiger partial charge < -0.3 is 5.32 Å². The van der Waals surface area contributed by atoms with Crippen LogP contribution in [0, 0.1) is 0 Å². The molecule has 0 saturated heterocycles. The number of nitrogens with one attached hydrogen (secondary N) is 1. The van der Waals surface area contributed by atoms with Gasteiger partial charge in [-0.05, 0) is 47.8 Å². The first-order chi connectivity index (χ1) is 8.31. The zero-order chi connectivity index (χ0) is 11.8. The summed E-state index contributed by atoms with van der Waals surface area (Å²) in [4.78, 5) is 0. The molecule has 17 heavy (non-hydrogen) atoms. The molecule has 3 rings (SSSR count). The molecule has 0 spiro atoms. The van der Waals surface area contributed by atoms with Crippen LogP contribution in [0.5, 0.6) is 0 Å². The average Bonchev–Trinajstić information content (AvgIpc) is 2.36. The molecule has 1 nitrogen and oxygen atoms in total. The molecule has 3 atom stereocenters. The van der Waals surface area contributed by atoms with Crippen LogP contribution in [0.2, 0.25) is 0 Å². The molecule has 0 saturated carbocycles. The summed E-state index contributed by atoms with van der Waals surface area (Å²) in [5.41, 5.74) is 4.96. The molecule has 1 aliphatic heterocycles. The normalized spacial score (nSPS) is 31.1. The quantitative estimate of drug-likeness (QED) is 0.804. The van der Waals surface area contributed by atoms with Crippen LogP contribution in [-0.4, -0.2) is 6.54 Å². The molecule has 1 heterocycles. The maximum atomic E-state index is 3.75. The maximum Gasteiger partial charge on any atom is 0.0323 e. The smallest absolute Gasteiger partial charge is 0.0323 e. The van der Waals surface area contributed by atoms with Crippen molar-refractivity contribution in [2.45, 2.75) is 57.4 Å². The van der Waals surface area contributed by atoms with Crippen molar-refractivity contribution < 1.29 is 0 Å². The molecule has 1 N–H and O–H groups in total. The van der Waals surface area contributed by atoms with Crippen LogP contribution in [0.25, 0.3) is 0 Å². The first kappa shape index (κ1) is 11.3. The van der Waals surface area contributed by atoms with Gasteiger partial charge in [-0.1, -0.05) is 38.5 Å². The van der Waals surface area contributed by atoms with E-state index in [1.807, 2.05) is 0 Å². The molecule has 0 radical (unpaired) electrons. The molecule has 1 heteroatoms. The molecule has 1 aromatic rings. The van der Waals surface area contributed by atoms with E-state index in [1.165, 1.54) is 32.2 Å². The van der Waals surface area contributed by atoms with E-state index in [0.29, 0.717) is 6.04 Å². The van der Waals surface area contributed by atoms with Crippen molar-refractivity contribution in [2.75, 3.05) is 6.54 Å². The predicted molar refractivity (Wildman–Crippen MR) is 72.5 cm³/mol. The fourth-order valence-electron chi connectivity index (χ4n) is 3.70. The van der Waals surface area contributed by atoms with Crippen LogP contribution in [0.1, 0.15) is 74.1 Å². The first-order valence-electron chi connectivity index (χ1n) is 7.17. The van der Waals surface area contributed by atoms with Crippen molar-refractivity contribution in [2.24, 2.45) is 0 Å². The zero-order valence-corrected chi connectivity index (χ0v) is 11.0. The predicted octanol–water partition coefficient (Wildman–Crippen LogP) is 4.11. The van der Waals surface area contributed by atoms with Crippen molar-refractivity contribution in [3.63, 3.8) is 0 Å². The molecule has 0 fully saturated rings. The van der Waals surface area contributed by atoms with E-state index in [0.717, 1.165) is 11.8 Å². The van der Waals surface area contributed by atoms with E-state index in [4.69, 9.17) is 0 Å². The van der Waals surface area contributed by atoms with Gasteiger partial charge in [0.25, 0.3) is 0 Å². The van der Waals surface area contributed by atoms with Crippen LogP contribution in [0.3, 0.4) is 0 Å². The van der Waals surface area contributed by atoms with Crippen molar-refractivity contribution in [1.29, 1.82) is 0 Å². The summed E-state index contributed by atoms with van der Waals surface area (Å²) in [6, 6.07) is 7.60. The summed E-state index contributed by atoms with van der Waals surface area (Å²) < 4.78 is 0. The summed E-state index contributed by atoms with van der Waals surface area (Å²) in [5.74, 6) is 1.55. The highest BCUT2D eigenvalue weighted by atomic mass is 14.9. The second-order valence-electron chi connectivity index (χ2n) is 5.77. The van der Waals surface area contributed by atoms with Gasteiger partial charge in [0, 0.05) is 12.6 Å². The number of hydrogen-bond acceptors (Lipinski definition) is 1. The van der Waals surface area contributed by atoms with E-state index in [1.54, 1.807) is 16.7 Å². The highest BCUT2D eigenvalue weighted by Crippen LogP contribution is 2.44. The largest absolute Gasteiger partial charge is 0.309 e. The van der Waals surface area contributed by atoms with Crippen LogP contribution in [0.15, 0.2) is 18.2 Å². The van der Waals surface area contributed by atoms with Gasteiger partial charge in [0.1, 0.15) is 0 Å². The lowest BCUT2D eigenvalue weighted by molar-refractivity contribution is 0.387. The molecule has 0 aromatic heterocycles. The fraction of sp³-hybridized carbons (Fsp3) is 0.625. The Labute approximate surface area is 105 Å². The van der Waals surface area contributed by atoms with Crippen LogP contribution >= 0.6 is 0 Å². The van der Waals surface area contributed by atoms with E-state index in [-0.39, 0.29) is 0 Å². The lowest BCUT2D eigenvalue weighted by Crippen LogP contribution is -2.35. The molecule has 92 valence electrons. The van der Waals surface area contributed by atoms with Crippen molar-refractivity contribution >= 4 is 0 Å². The molecular formula is C16H23N. The van der Waals surface area contributed by atoms with Gasteiger partial charge in [0.05, 0.1) is 0 Å². The summed E-state index contributed by atoms with van der Waals surface area (Å²) in [6.07, 6.45) is 5.28. The molecule has 0 amide bonds. The van der Waals surface area contributed by atoms with E-state index in [9.17, 15) is 0 Å². The fourth-order valence-corrected chi connectivity index (χ4v) is 3.70. The Bertz CT molecular complexity index is 410. The Hall–Kier alpha value is -0.820. The summed E-state index contributed by atoms with van der Waals surface area (Å²) in [7, 11) is 0. The Morgan fingerprint density at radius 2 is 2.06 bits per heavy atom. The second kappa shape index (κ2) is 4.45. The summed E-state index contributed by atoms with van der Waals surface area (Å²) in [5, 5.41) is 3.75. The highest BCUT2D eigenvalue weighted by Gasteiger charge is 2.32. The Morgan fingerprint density at radius 3 is 2.88 bits per heavy atom. The van der Waals surface area contributed by atoms with Gasteiger partial charge in [-0.2, -0.15) is 0 Å². The summed E-state index contributed by atoms with van der Waals surface area (Å²) in [6.45, 7) is 5.87. The third kappa shape index (κ3) is 1.81. The van der Waals surface area contributed by atoms with Crippen molar-refractivity contribution in [3.8, 4) is 0 Å². The minimum atomic E-state index is 0.608. The molecule has 1 aromatic carbocycles. The Kier molecular flexibility index (Phi) is 2.96. The Morgan fingerprint density at radius 1 is 1.24 bits per heavy atom. The molecule has 2 aliphatic rings. The van der Waals surface area contributed by atoms with Gasteiger partial charge in [-0.3, -0.25) is 0 Å². The van der Waals surface area contributed by atoms with Gasteiger partial charge >= 0.3 is 0 Å². The number of benzene rings is 1. The SMILES string of the molecule is CCCC1NCC2CCC(C)c3cccc1c32. The zero-order valence-electron chi connectivity index (χ0n) is 11.0. The van der Waals surface area contributed by atoms with Crippen LogP contribution in [0.4, 0.5) is 0 Å². The third-order valence-corrected chi connectivity index (χ3v) is 4.62. The topological polar surface area (TPSA) is 12.0 Å². The van der Waals surface area contributed by atoms with Crippen LogP contribution in [-0.2, 0) is 0 Å². The second-order valence-corrected chi connectivity index (χ2v) is 5.77. The summed E-state index contributed by atoms with van der Waals surface area (Å²) >= 11 is 0. The van der Waals surface area contributed by atoms with E-state index < -0.39 is 0 Å². The van der Waals surface area contributed by atoms with Gasteiger partial charge in [-0.15, -0.1) is 0 Å². The molecular weight excluding hydrogens is 206 g/mol. The lowest BCUT2D eigenvalue weighted by atomic mass is 9.72. The monoisotopic (exact) mass is 229 g/mol. The van der Waals surface area contributed by atoms with Gasteiger partial charge in [0.2, 0.25) is 0 Å². The molecule has 3 unspecified atom stereocenters. The van der Waals surface area contributed by atoms with Gasteiger partial charge in [-0.25, -0.2) is 0 Å². The van der Waals surface area contributed by atoms with E-state index in [2.05, 4.69) is 37.4 Å². The third-order valence-electron chi connectivity index (χ3n) is 4.62. The standard InChI is InChI=1S/C16H23N/c1-3-5-15-14-7-4-6-13-11(2)8-9-12(10-17-15)16(13)14/h4,6-7,11-12,15,17H,3,5,8-10H2,1-2H3. The molecule has 1 aliphatic carbocycles. The number of hydrogen-bond donors (Lipinski definition) is 1. The lowest BCUT2D eigenvalue weighted by Gasteiger charge is -2.39. The minimum Gasteiger partial charge on any atom is -0.309 e. The Balaban J connectivity index is 2.07. The van der Waals surface area contributed by atoms with E-state index >= 15 is 0 Å².